The summed E-state index contributed by atoms with van der Waals surface area (Å²) in [5.41, 5.74) is 1.29. The molecule has 2 fully saturated rings. The molecule has 0 bridgehead atoms. The second-order valence-electron chi connectivity index (χ2n) is 6.13. The molecule has 1 aromatic rings. The summed E-state index contributed by atoms with van der Waals surface area (Å²) in [6, 6.07) is 9.08. The molecule has 0 saturated heterocycles. The number of carbonyl (C=O) groups is 1. The predicted molar refractivity (Wildman–Crippen MR) is 82.2 cm³/mol. The molecular formula is C17H24N2O2. The van der Waals surface area contributed by atoms with Crippen LogP contribution < -0.4 is 15.4 Å². The van der Waals surface area contributed by atoms with Gasteiger partial charge in [0.15, 0.2) is 0 Å². The van der Waals surface area contributed by atoms with Crippen LogP contribution in [0.2, 0.25) is 0 Å². The van der Waals surface area contributed by atoms with E-state index in [0.29, 0.717) is 24.4 Å². The molecule has 1 aromatic carbocycles. The molecule has 3 rings (SSSR count). The molecule has 21 heavy (non-hydrogen) atoms. The van der Waals surface area contributed by atoms with Gasteiger partial charge < -0.3 is 15.4 Å². The minimum Gasteiger partial charge on any atom is -0.497 e. The molecule has 0 aliphatic heterocycles. The number of methoxy groups -OCH3 is 1. The number of hydrogen-bond acceptors (Lipinski definition) is 3. The second-order valence-corrected chi connectivity index (χ2v) is 6.13. The SMILES string of the molecule is COc1ccc(C(NCCC(=O)NC2CC2)C2CC2)cc1. The Kier molecular flexibility index (Phi) is 4.44. The zero-order valence-electron chi connectivity index (χ0n) is 12.6. The first-order valence-electron chi connectivity index (χ1n) is 7.93. The maximum absolute atomic E-state index is 11.7. The molecular weight excluding hydrogens is 264 g/mol. The van der Waals surface area contributed by atoms with Crippen LogP contribution in [0.4, 0.5) is 0 Å². The highest BCUT2D eigenvalue weighted by Gasteiger charge is 2.32. The van der Waals surface area contributed by atoms with Crippen molar-refractivity contribution < 1.29 is 9.53 Å². The van der Waals surface area contributed by atoms with Crippen molar-refractivity contribution in [1.82, 2.24) is 10.6 Å². The highest BCUT2D eigenvalue weighted by molar-refractivity contribution is 5.76. The first kappa shape index (κ1) is 14.4. The third-order valence-electron chi connectivity index (χ3n) is 4.23. The normalized spacial score (nSPS) is 19.1. The molecule has 2 N–H and O–H groups in total. The van der Waals surface area contributed by atoms with Gasteiger partial charge in [0, 0.05) is 25.0 Å². The molecule has 2 saturated carbocycles. The summed E-state index contributed by atoms with van der Waals surface area (Å²) in [7, 11) is 1.68. The van der Waals surface area contributed by atoms with Crippen molar-refractivity contribution in [3.8, 4) is 5.75 Å². The Morgan fingerprint density at radius 2 is 1.95 bits per heavy atom. The first-order chi connectivity index (χ1) is 10.3. The molecule has 0 heterocycles. The molecule has 1 amide bonds. The Morgan fingerprint density at radius 1 is 1.24 bits per heavy atom. The summed E-state index contributed by atoms with van der Waals surface area (Å²) in [6.45, 7) is 0.742. The van der Waals surface area contributed by atoms with Crippen LogP contribution in [0.3, 0.4) is 0 Å². The summed E-state index contributed by atoms with van der Waals surface area (Å²) in [5.74, 6) is 1.77. The van der Waals surface area contributed by atoms with Gasteiger partial charge >= 0.3 is 0 Å². The fraction of sp³-hybridized carbons (Fsp3) is 0.588. The van der Waals surface area contributed by atoms with Crippen LogP contribution in [0.25, 0.3) is 0 Å². The molecule has 0 radical (unpaired) electrons. The van der Waals surface area contributed by atoms with E-state index in [1.165, 1.54) is 18.4 Å². The molecule has 1 atom stereocenters. The third-order valence-corrected chi connectivity index (χ3v) is 4.23. The van der Waals surface area contributed by atoms with Crippen molar-refractivity contribution in [3.63, 3.8) is 0 Å². The van der Waals surface area contributed by atoms with E-state index in [1.54, 1.807) is 7.11 Å². The van der Waals surface area contributed by atoms with Gasteiger partial charge in [-0.1, -0.05) is 12.1 Å². The van der Waals surface area contributed by atoms with Gasteiger partial charge in [0.1, 0.15) is 5.75 Å². The van der Waals surface area contributed by atoms with Crippen molar-refractivity contribution >= 4 is 5.91 Å². The van der Waals surface area contributed by atoms with Gasteiger partial charge in [-0.15, -0.1) is 0 Å². The fourth-order valence-electron chi connectivity index (χ4n) is 2.67. The second kappa shape index (κ2) is 6.48. The summed E-state index contributed by atoms with van der Waals surface area (Å²) in [6.07, 6.45) is 5.41. The molecule has 114 valence electrons. The minimum atomic E-state index is 0.175. The van der Waals surface area contributed by atoms with Gasteiger partial charge in [0.2, 0.25) is 5.91 Å². The van der Waals surface area contributed by atoms with Crippen LogP contribution in [0.5, 0.6) is 5.75 Å². The Balaban J connectivity index is 1.50. The Morgan fingerprint density at radius 3 is 2.52 bits per heavy atom. The standard InChI is InChI=1S/C17H24N2O2/c1-21-15-8-4-13(5-9-15)17(12-2-3-12)18-11-10-16(20)19-14-6-7-14/h4-5,8-9,12,14,17-18H,2-3,6-7,10-11H2,1H3,(H,19,20). The number of carbonyl (C=O) groups excluding carboxylic acids is 1. The lowest BCUT2D eigenvalue weighted by Gasteiger charge is -2.19. The molecule has 4 nitrogen and oxygen atoms in total. The van der Waals surface area contributed by atoms with E-state index in [1.807, 2.05) is 12.1 Å². The number of benzene rings is 1. The smallest absolute Gasteiger partial charge is 0.221 e. The van der Waals surface area contributed by atoms with Crippen molar-refractivity contribution in [1.29, 1.82) is 0 Å². The Labute approximate surface area is 126 Å². The fourth-order valence-corrected chi connectivity index (χ4v) is 2.67. The van der Waals surface area contributed by atoms with E-state index in [4.69, 9.17) is 4.74 Å². The molecule has 0 aromatic heterocycles. The van der Waals surface area contributed by atoms with E-state index >= 15 is 0 Å². The summed E-state index contributed by atoms with van der Waals surface area (Å²) in [5, 5.41) is 6.59. The molecule has 4 heteroatoms. The van der Waals surface area contributed by atoms with E-state index in [9.17, 15) is 4.79 Å². The van der Waals surface area contributed by atoms with Crippen molar-refractivity contribution in [2.24, 2.45) is 5.92 Å². The number of nitrogens with one attached hydrogen (secondary N) is 2. The van der Waals surface area contributed by atoms with Crippen LogP contribution >= 0.6 is 0 Å². The van der Waals surface area contributed by atoms with E-state index in [0.717, 1.165) is 25.1 Å². The third kappa shape index (κ3) is 4.21. The maximum atomic E-state index is 11.7. The number of amides is 1. The summed E-state index contributed by atoms with van der Waals surface area (Å²) in [4.78, 5) is 11.7. The van der Waals surface area contributed by atoms with Gasteiger partial charge in [-0.25, -0.2) is 0 Å². The quantitative estimate of drug-likeness (QED) is 0.772. The van der Waals surface area contributed by atoms with E-state index in [-0.39, 0.29) is 5.91 Å². The van der Waals surface area contributed by atoms with E-state index in [2.05, 4.69) is 22.8 Å². The van der Waals surface area contributed by atoms with Gasteiger partial charge in [-0.3, -0.25) is 4.79 Å². The maximum Gasteiger partial charge on any atom is 0.221 e. The first-order valence-corrected chi connectivity index (χ1v) is 7.93. The largest absolute Gasteiger partial charge is 0.497 e. The van der Waals surface area contributed by atoms with Gasteiger partial charge in [0.05, 0.1) is 7.11 Å². The monoisotopic (exact) mass is 288 g/mol. The average Bonchev–Trinajstić information content (AvgIpc) is 3.37. The van der Waals surface area contributed by atoms with Gasteiger partial charge in [-0.05, 0) is 49.3 Å². The highest BCUT2D eigenvalue weighted by atomic mass is 16.5. The van der Waals surface area contributed by atoms with Crippen molar-refractivity contribution in [3.05, 3.63) is 29.8 Å². The highest BCUT2D eigenvalue weighted by Crippen LogP contribution is 2.41. The Hall–Kier alpha value is -1.55. The summed E-state index contributed by atoms with van der Waals surface area (Å²) >= 11 is 0. The van der Waals surface area contributed by atoms with Crippen LogP contribution in [0.15, 0.2) is 24.3 Å². The van der Waals surface area contributed by atoms with Gasteiger partial charge in [-0.2, -0.15) is 0 Å². The number of rotatable bonds is 8. The van der Waals surface area contributed by atoms with Crippen LogP contribution in [-0.2, 0) is 4.79 Å². The number of hydrogen-bond donors (Lipinski definition) is 2. The van der Waals surface area contributed by atoms with Crippen LogP contribution in [-0.4, -0.2) is 25.6 Å². The zero-order chi connectivity index (χ0) is 14.7. The van der Waals surface area contributed by atoms with Gasteiger partial charge in [0.25, 0.3) is 0 Å². The number of ether oxygens (including phenoxy) is 1. The topological polar surface area (TPSA) is 50.4 Å². The molecule has 2 aliphatic carbocycles. The molecule has 1 unspecified atom stereocenters. The lowest BCUT2D eigenvalue weighted by molar-refractivity contribution is -0.121. The molecule has 2 aliphatic rings. The lowest BCUT2D eigenvalue weighted by Crippen LogP contribution is -2.31. The van der Waals surface area contributed by atoms with Crippen LogP contribution in [0, 0.1) is 5.92 Å². The van der Waals surface area contributed by atoms with E-state index < -0.39 is 0 Å². The molecule has 0 spiro atoms. The van der Waals surface area contributed by atoms with Crippen LogP contribution in [0.1, 0.15) is 43.7 Å². The van der Waals surface area contributed by atoms with Crippen molar-refractivity contribution in [2.45, 2.75) is 44.2 Å². The predicted octanol–water partition coefficient (Wildman–Crippen LogP) is 2.40. The summed E-state index contributed by atoms with van der Waals surface area (Å²) < 4.78 is 5.21. The van der Waals surface area contributed by atoms with Crippen molar-refractivity contribution in [2.75, 3.05) is 13.7 Å². The zero-order valence-corrected chi connectivity index (χ0v) is 12.6. The minimum absolute atomic E-state index is 0.175. The lowest BCUT2D eigenvalue weighted by atomic mass is 10.0. The average molecular weight is 288 g/mol. The Bertz CT molecular complexity index is 478.